The maximum Gasteiger partial charge on any atom is 0.167 e. The Labute approximate surface area is 115 Å². The third-order valence-electron chi connectivity index (χ3n) is 3.00. The predicted molar refractivity (Wildman–Crippen MR) is 70.3 cm³/mol. The minimum atomic E-state index is -0.752. The van der Waals surface area contributed by atoms with Gasteiger partial charge in [0.15, 0.2) is 23.1 Å². The Kier molecular flexibility index (Phi) is 4.29. The highest BCUT2D eigenvalue weighted by atomic mass is 19.1. The van der Waals surface area contributed by atoms with Crippen LogP contribution in [0.3, 0.4) is 0 Å². The molecule has 0 spiro atoms. The molecule has 2 aromatic carbocycles. The molecule has 0 saturated carbocycles. The Bertz CT molecular complexity index is 616. The average molecular weight is 281 g/mol. The van der Waals surface area contributed by atoms with Crippen LogP contribution in [0.4, 0.5) is 13.2 Å². The molecular weight excluding hydrogens is 267 g/mol. The zero-order chi connectivity index (χ0) is 14.7. The van der Waals surface area contributed by atoms with Gasteiger partial charge in [-0.15, -0.1) is 0 Å². The first-order valence-electron chi connectivity index (χ1n) is 6.11. The maximum atomic E-state index is 13.9. The van der Waals surface area contributed by atoms with Crippen LogP contribution in [0, 0.1) is 17.5 Å². The Morgan fingerprint density at radius 1 is 1.05 bits per heavy atom. The summed E-state index contributed by atoms with van der Waals surface area (Å²) in [5, 5.41) is 2.95. The maximum absolute atomic E-state index is 13.9. The first kappa shape index (κ1) is 14.4. The summed E-state index contributed by atoms with van der Waals surface area (Å²) >= 11 is 0. The van der Waals surface area contributed by atoms with Crippen molar-refractivity contribution < 1.29 is 17.9 Å². The zero-order valence-electron chi connectivity index (χ0n) is 11.1. The van der Waals surface area contributed by atoms with Gasteiger partial charge in [-0.05, 0) is 32.2 Å². The van der Waals surface area contributed by atoms with Crippen LogP contribution in [0.5, 0.6) is 11.5 Å². The fourth-order valence-corrected chi connectivity index (χ4v) is 1.80. The van der Waals surface area contributed by atoms with Gasteiger partial charge in [0.05, 0.1) is 0 Å². The molecule has 2 nitrogen and oxygen atoms in total. The van der Waals surface area contributed by atoms with Gasteiger partial charge >= 0.3 is 0 Å². The monoisotopic (exact) mass is 281 g/mol. The molecule has 1 N–H and O–H groups in total. The van der Waals surface area contributed by atoms with E-state index in [2.05, 4.69) is 5.32 Å². The van der Waals surface area contributed by atoms with Crippen molar-refractivity contribution >= 4 is 0 Å². The molecule has 0 radical (unpaired) electrons. The van der Waals surface area contributed by atoms with Crippen LogP contribution in [0.2, 0.25) is 0 Å². The molecule has 0 aliphatic carbocycles. The average Bonchev–Trinajstić information content (AvgIpc) is 2.44. The molecule has 0 fully saturated rings. The highest BCUT2D eigenvalue weighted by molar-refractivity contribution is 5.41. The molecule has 0 saturated heterocycles. The van der Waals surface area contributed by atoms with Gasteiger partial charge in [-0.2, -0.15) is 0 Å². The molecule has 0 aliphatic heterocycles. The highest BCUT2D eigenvalue weighted by Crippen LogP contribution is 2.33. The van der Waals surface area contributed by atoms with E-state index in [4.69, 9.17) is 4.74 Å². The first-order valence-corrected chi connectivity index (χ1v) is 6.11. The van der Waals surface area contributed by atoms with Crippen LogP contribution in [0.15, 0.2) is 36.4 Å². The molecule has 0 bridgehead atoms. The van der Waals surface area contributed by atoms with Crippen LogP contribution in [0.25, 0.3) is 0 Å². The summed E-state index contributed by atoms with van der Waals surface area (Å²) in [6.45, 7) is 1.81. The molecule has 0 amide bonds. The lowest BCUT2D eigenvalue weighted by molar-refractivity contribution is 0.400. The molecule has 0 aliphatic rings. The van der Waals surface area contributed by atoms with Gasteiger partial charge in [0.1, 0.15) is 5.82 Å². The third kappa shape index (κ3) is 2.93. The highest BCUT2D eigenvalue weighted by Gasteiger charge is 2.17. The standard InChI is InChI=1S/C15H14F3NO/c1-9(19-2)11-4-3-5-13(18)15(11)20-14-8-10(16)6-7-12(14)17/h3-9,19H,1-2H3. The fourth-order valence-electron chi connectivity index (χ4n) is 1.80. The molecule has 0 heterocycles. The lowest BCUT2D eigenvalue weighted by Crippen LogP contribution is -2.13. The molecule has 1 unspecified atom stereocenters. The fraction of sp³-hybridized carbons (Fsp3) is 0.200. The topological polar surface area (TPSA) is 21.3 Å². The number of hydrogen-bond donors (Lipinski definition) is 1. The largest absolute Gasteiger partial charge is 0.451 e. The van der Waals surface area contributed by atoms with Crippen LogP contribution >= 0.6 is 0 Å². The van der Waals surface area contributed by atoms with E-state index in [0.29, 0.717) is 5.56 Å². The molecule has 2 aromatic rings. The van der Waals surface area contributed by atoms with Crippen LogP contribution in [0.1, 0.15) is 18.5 Å². The van der Waals surface area contributed by atoms with Gasteiger partial charge in [-0.1, -0.05) is 12.1 Å². The third-order valence-corrected chi connectivity index (χ3v) is 3.00. The molecule has 0 aromatic heterocycles. The number of para-hydroxylation sites is 1. The van der Waals surface area contributed by atoms with Gasteiger partial charge in [-0.25, -0.2) is 13.2 Å². The van der Waals surface area contributed by atoms with Crippen molar-refractivity contribution in [2.45, 2.75) is 13.0 Å². The van der Waals surface area contributed by atoms with Gasteiger partial charge < -0.3 is 10.1 Å². The van der Waals surface area contributed by atoms with Crippen molar-refractivity contribution in [2.75, 3.05) is 7.05 Å². The van der Waals surface area contributed by atoms with Crippen molar-refractivity contribution in [3.8, 4) is 11.5 Å². The smallest absolute Gasteiger partial charge is 0.167 e. The summed E-state index contributed by atoms with van der Waals surface area (Å²) in [4.78, 5) is 0. The van der Waals surface area contributed by atoms with Crippen molar-refractivity contribution in [3.63, 3.8) is 0 Å². The summed E-state index contributed by atoms with van der Waals surface area (Å²) < 4.78 is 45.8. The molecular formula is C15H14F3NO. The van der Waals surface area contributed by atoms with Crippen molar-refractivity contribution in [2.24, 2.45) is 0 Å². The van der Waals surface area contributed by atoms with Gasteiger partial charge in [0.2, 0.25) is 0 Å². The lowest BCUT2D eigenvalue weighted by atomic mass is 10.1. The second kappa shape index (κ2) is 5.96. The number of nitrogens with one attached hydrogen (secondary N) is 1. The zero-order valence-corrected chi connectivity index (χ0v) is 11.1. The van der Waals surface area contributed by atoms with Crippen molar-refractivity contribution in [1.82, 2.24) is 5.32 Å². The second-order valence-electron chi connectivity index (χ2n) is 4.35. The van der Waals surface area contributed by atoms with Crippen LogP contribution < -0.4 is 10.1 Å². The van der Waals surface area contributed by atoms with Crippen LogP contribution in [-0.2, 0) is 0 Å². The van der Waals surface area contributed by atoms with Crippen LogP contribution in [-0.4, -0.2) is 7.05 Å². The molecule has 1 atom stereocenters. The van der Waals surface area contributed by atoms with E-state index >= 15 is 0 Å². The molecule has 20 heavy (non-hydrogen) atoms. The summed E-state index contributed by atoms with van der Waals surface area (Å²) in [7, 11) is 1.71. The van der Waals surface area contributed by atoms with E-state index in [-0.39, 0.29) is 17.5 Å². The SMILES string of the molecule is CNC(C)c1cccc(F)c1Oc1cc(F)ccc1F. The van der Waals surface area contributed by atoms with Gasteiger partial charge in [-0.3, -0.25) is 0 Å². The summed E-state index contributed by atoms with van der Waals surface area (Å²) in [6.07, 6.45) is 0. The van der Waals surface area contributed by atoms with E-state index in [0.717, 1.165) is 18.2 Å². The van der Waals surface area contributed by atoms with Crippen molar-refractivity contribution in [1.29, 1.82) is 0 Å². The van der Waals surface area contributed by atoms with Gasteiger partial charge in [0.25, 0.3) is 0 Å². The minimum Gasteiger partial charge on any atom is -0.451 e. The normalized spacial score (nSPS) is 12.2. The predicted octanol–water partition coefficient (Wildman–Crippen LogP) is 4.18. The Morgan fingerprint density at radius 3 is 2.50 bits per heavy atom. The molecule has 5 heteroatoms. The summed E-state index contributed by atoms with van der Waals surface area (Å²) in [5.74, 6) is -2.49. The lowest BCUT2D eigenvalue weighted by Gasteiger charge is -2.17. The number of benzene rings is 2. The second-order valence-corrected chi connectivity index (χ2v) is 4.35. The van der Waals surface area contributed by atoms with E-state index in [1.54, 1.807) is 13.1 Å². The number of ether oxygens (including phenoxy) is 1. The summed E-state index contributed by atoms with van der Waals surface area (Å²) in [6, 6.07) is 7.00. The van der Waals surface area contributed by atoms with E-state index in [1.165, 1.54) is 12.1 Å². The Hall–Kier alpha value is -2.01. The molecule has 2 rings (SSSR count). The Balaban J connectivity index is 2.45. The number of rotatable bonds is 4. The first-order chi connectivity index (χ1) is 9.52. The minimum absolute atomic E-state index is 0.112. The van der Waals surface area contributed by atoms with E-state index in [9.17, 15) is 13.2 Å². The van der Waals surface area contributed by atoms with E-state index < -0.39 is 17.5 Å². The van der Waals surface area contributed by atoms with Crippen molar-refractivity contribution in [3.05, 3.63) is 59.4 Å². The van der Waals surface area contributed by atoms with E-state index in [1.807, 2.05) is 6.92 Å². The summed E-state index contributed by atoms with van der Waals surface area (Å²) in [5.41, 5.74) is 0.524. The number of halogens is 3. The van der Waals surface area contributed by atoms with Gasteiger partial charge in [0, 0.05) is 17.7 Å². The quantitative estimate of drug-likeness (QED) is 0.908. The Morgan fingerprint density at radius 2 is 1.80 bits per heavy atom. The number of hydrogen-bond acceptors (Lipinski definition) is 2. The molecule has 106 valence electrons.